The summed E-state index contributed by atoms with van der Waals surface area (Å²) in [6, 6.07) is 10.2. The molecule has 152 valence electrons. The first-order valence-electron chi connectivity index (χ1n) is 8.75. The first-order chi connectivity index (χ1) is 14.4. The second-order valence-electron chi connectivity index (χ2n) is 6.32. The maximum atomic E-state index is 12.9. The molecule has 1 amide bonds. The lowest BCUT2D eigenvalue weighted by molar-refractivity contribution is -0.137. The van der Waals surface area contributed by atoms with Crippen LogP contribution in [0, 0.1) is 0 Å². The van der Waals surface area contributed by atoms with Crippen LogP contribution in [0.15, 0.2) is 66.4 Å². The van der Waals surface area contributed by atoms with Crippen molar-refractivity contribution in [2.24, 2.45) is 0 Å². The molecular formula is C20H14F3N5OS. The molecule has 0 saturated carbocycles. The van der Waals surface area contributed by atoms with E-state index in [1.54, 1.807) is 29.3 Å². The van der Waals surface area contributed by atoms with E-state index >= 15 is 0 Å². The number of anilines is 1. The highest BCUT2D eigenvalue weighted by atomic mass is 32.1. The summed E-state index contributed by atoms with van der Waals surface area (Å²) in [5.74, 6) is -0.138. The van der Waals surface area contributed by atoms with Gasteiger partial charge in [-0.1, -0.05) is 12.1 Å². The van der Waals surface area contributed by atoms with E-state index in [-0.39, 0.29) is 5.69 Å². The zero-order chi connectivity index (χ0) is 21.1. The molecule has 3 aromatic heterocycles. The predicted molar refractivity (Wildman–Crippen MR) is 106 cm³/mol. The molecule has 1 aromatic carbocycles. The van der Waals surface area contributed by atoms with Crippen molar-refractivity contribution in [2.45, 2.75) is 12.7 Å². The molecule has 0 unspecified atom stereocenters. The van der Waals surface area contributed by atoms with Gasteiger partial charge < -0.3 is 5.32 Å². The number of aromatic nitrogens is 4. The average Bonchev–Trinajstić information content (AvgIpc) is 3.38. The van der Waals surface area contributed by atoms with Crippen molar-refractivity contribution in [3.8, 4) is 10.6 Å². The number of nitrogens with zero attached hydrogens (tertiary/aromatic N) is 4. The maximum absolute atomic E-state index is 12.9. The topological polar surface area (TPSA) is 72.7 Å². The van der Waals surface area contributed by atoms with Gasteiger partial charge in [0, 0.05) is 35.6 Å². The van der Waals surface area contributed by atoms with E-state index in [1.165, 1.54) is 17.5 Å². The SMILES string of the molecule is O=C(Nc1ccn(Cc2ccncc2)n1)c1csc(-c2cccc(C(F)(F)F)c2)n1. The van der Waals surface area contributed by atoms with Crippen LogP contribution in [0.4, 0.5) is 19.0 Å². The molecule has 0 saturated heterocycles. The highest BCUT2D eigenvalue weighted by molar-refractivity contribution is 7.13. The van der Waals surface area contributed by atoms with Crippen molar-refractivity contribution < 1.29 is 18.0 Å². The lowest BCUT2D eigenvalue weighted by Gasteiger charge is -2.07. The molecule has 4 rings (SSSR count). The Labute approximate surface area is 173 Å². The third-order valence-electron chi connectivity index (χ3n) is 4.15. The largest absolute Gasteiger partial charge is 0.416 e. The minimum atomic E-state index is -4.44. The van der Waals surface area contributed by atoms with E-state index in [4.69, 9.17) is 0 Å². The van der Waals surface area contributed by atoms with E-state index < -0.39 is 17.6 Å². The van der Waals surface area contributed by atoms with Crippen LogP contribution in [-0.4, -0.2) is 25.7 Å². The van der Waals surface area contributed by atoms with Crippen LogP contribution in [0.25, 0.3) is 10.6 Å². The van der Waals surface area contributed by atoms with Gasteiger partial charge in [-0.2, -0.15) is 18.3 Å². The lowest BCUT2D eigenvalue weighted by Crippen LogP contribution is -2.13. The van der Waals surface area contributed by atoms with Crippen molar-refractivity contribution in [1.29, 1.82) is 0 Å². The quantitative estimate of drug-likeness (QED) is 0.498. The van der Waals surface area contributed by atoms with E-state index in [9.17, 15) is 18.0 Å². The predicted octanol–water partition coefficient (Wildman–Crippen LogP) is 4.72. The highest BCUT2D eigenvalue weighted by Crippen LogP contribution is 2.33. The molecule has 0 radical (unpaired) electrons. The summed E-state index contributed by atoms with van der Waals surface area (Å²) in [5.41, 5.74) is 0.656. The van der Waals surface area contributed by atoms with Gasteiger partial charge in [0.15, 0.2) is 5.82 Å². The van der Waals surface area contributed by atoms with Crippen LogP contribution in [0.2, 0.25) is 0 Å². The molecule has 30 heavy (non-hydrogen) atoms. The molecule has 6 nitrogen and oxygen atoms in total. The van der Waals surface area contributed by atoms with Crippen LogP contribution in [0.1, 0.15) is 21.6 Å². The molecule has 0 aliphatic heterocycles. The van der Waals surface area contributed by atoms with Crippen molar-refractivity contribution in [3.05, 3.63) is 83.3 Å². The first-order valence-corrected chi connectivity index (χ1v) is 9.63. The van der Waals surface area contributed by atoms with Crippen LogP contribution in [-0.2, 0) is 12.7 Å². The Morgan fingerprint density at radius 1 is 1.13 bits per heavy atom. The Hall–Kier alpha value is -3.53. The zero-order valence-electron chi connectivity index (χ0n) is 15.3. The first kappa shape index (κ1) is 19.8. The molecule has 0 fully saturated rings. The van der Waals surface area contributed by atoms with Crippen molar-refractivity contribution in [3.63, 3.8) is 0 Å². The molecule has 0 aliphatic rings. The van der Waals surface area contributed by atoms with Gasteiger partial charge in [0.25, 0.3) is 5.91 Å². The minimum Gasteiger partial charge on any atom is -0.304 e. The van der Waals surface area contributed by atoms with E-state index in [1.807, 2.05) is 12.1 Å². The number of benzene rings is 1. The number of amides is 1. The van der Waals surface area contributed by atoms with Crippen LogP contribution < -0.4 is 5.32 Å². The summed E-state index contributed by atoms with van der Waals surface area (Å²) in [6.45, 7) is 0.523. The monoisotopic (exact) mass is 429 g/mol. The molecular weight excluding hydrogens is 415 g/mol. The molecule has 0 bridgehead atoms. The van der Waals surface area contributed by atoms with Gasteiger partial charge in [0.2, 0.25) is 0 Å². The summed E-state index contributed by atoms with van der Waals surface area (Å²) in [6.07, 6.45) is 0.658. The van der Waals surface area contributed by atoms with Crippen molar-refractivity contribution in [2.75, 3.05) is 5.32 Å². The number of carbonyl (C=O) groups excluding carboxylic acids is 1. The van der Waals surface area contributed by atoms with Gasteiger partial charge in [0.1, 0.15) is 10.7 Å². The second kappa shape index (κ2) is 8.07. The fourth-order valence-corrected chi connectivity index (χ4v) is 3.51. The van der Waals surface area contributed by atoms with Gasteiger partial charge >= 0.3 is 6.18 Å². The summed E-state index contributed by atoms with van der Waals surface area (Å²) >= 11 is 1.10. The Morgan fingerprint density at radius 3 is 2.70 bits per heavy atom. The second-order valence-corrected chi connectivity index (χ2v) is 7.18. The summed E-state index contributed by atoms with van der Waals surface area (Å²) in [5, 5.41) is 8.76. The smallest absolute Gasteiger partial charge is 0.304 e. The number of alkyl halides is 3. The van der Waals surface area contributed by atoms with Crippen LogP contribution in [0.5, 0.6) is 0 Å². The number of hydrogen-bond acceptors (Lipinski definition) is 5. The molecule has 10 heteroatoms. The van der Waals surface area contributed by atoms with Gasteiger partial charge in [0.05, 0.1) is 12.1 Å². The average molecular weight is 429 g/mol. The molecule has 1 N–H and O–H groups in total. The maximum Gasteiger partial charge on any atom is 0.416 e. The number of hydrogen-bond donors (Lipinski definition) is 1. The Bertz CT molecular complexity index is 1170. The molecule has 0 spiro atoms. The van der Waals surface area contributed by atoms with E-state index in [0.717, 1.165) is 29.0 Å². The fourth-order valence-electron chi connectivity index (χ4n) is 2.71. The highest BCUT2D eigenvalue weighted by Gasteiger charge is 2.30. The standard InChI is InChI=1S/C20H14F3N5OS/c21-20(22,23)15-3-1-2-14(10-15)19-25-16(12-30-19)18(29)26-17-6-9-28(27-17)11-13-4-7-24-8-5-13/h1-10,12H,11H2,(H,26,27,29). The molecule has 4 aromatic rings. The Balaban J connectivity index is 1.45. The number of carbonyl (C=O) groups is 1. The van der Waals surface area contributed by atoms with Crippen molar-refractivity contribution >= 4 is 23.1 Å². The normalized spacial score (nSPS) is 11.4. The van der Waals surface area contributed by atoms with Gasteiger partial charge in [-0.05, 0) is 29.8 Å². The lowest BCUT2D eigenvalue weighted by atomic mass is 10.1. The number of halogens is 3. The van der Waals surface area contributed by atoms with Crippen molar-refractivity contribution in [1.82, 2.24) is 19.7 Å². The van der Waals surface area contributed by atoms with E-state index in [2.05, 4.69) is 20.4 Å². The van der Waals surface area contributed by atoms with Gasteiger partial charge in [-0.25, -0.2) is 4.98 Å². The molecule has 0 aliphatic carbocycles. The van der Waals surface area contributed by atoms with Crippen LogP contribution >= 0.6 is 11.3 Å². The minimum absolute atomic E-state index is 0.107. The number of rotatable bonds is 5. The summed E-state index contributed by atoms with van der Waals surface area (Å²) < 4.78 is 40.4. The Kier molecular flexibility index (Phi) is 5.32. The third-order valence-corrected chi connectivity index (χ3v) is 5.04. The number of nitrogens with one attached hydrogen (secondary N) is 1. The number of pyridine rings is 1. The molecule has 0 atom stereocenters. The van der Waals surface area contributed by atoms with Gasteiger partial charge in [-0.15, -0.1) is 11.3 Å². The van der Waals surface area contributed by atoms with E-state index in [0.29, 0.717) is 22.9 Å². The van der Waals surface area contributed by atoms with Gasteiger partial charge in [-0.3, -0.25) is 14.5 Å². The van der Waals surface area contributed by atoms with Crippen LogP contribution in [0.3, 0.4) is 0 Å². The summed E-state index contributed by atoms with van der Waals surface area (Å²) in [4.78, 5) is 20.6. The fraction of sp³-hybridized carbons (Fsp3) is 0.100. The summed E-state index contributed by atoms with van der Waals surface area (Å²) in [7, 11) is 0. The zero-order valence-corrected chi connectivity index (χ0v) is 16.1. The third kappa shape index (κ3) is 4.54. The number of thiazole rings is 1. The Morgan fingerprint density at radius 2 is 1.93 bits per heavy atom. The molecule has 3 heterocycles.